The molecule has 0 aliphatic heterocycles. The first-order valence-electron chi connectivity index (χ1n) is 6.77. The van der Waals surface area contributed by atoms with Crippen LogP contribution in [0.4, 0.5) is 0 Å². The van der Waals surface area contributed by atoms with Gasteiger partial charge in [-0.05, 0) is 24.3 Å². The van der Waals surface area contributed by atoms with E-state index >= 15 is 0 Å². The van der Waals surface area contributed by atoms with Gasteiger partial charge < -0.3 is 9.88 Å². The number of halogens is 1. The van der Waals surface area contributed by atoms with E-state index in [0.29, 0.717) is 0 Å². The maximum absolute atomic E-state index is 11.8. The molecule has 0 radical (unpaired) electrons. The number of nitrogens with zero attached hydrogens (tertiary/aromatic N) is 1. The van der Waals surface area contributed by atoms with Gasteiger partial charge in [-0.15, -0.1) is 11.3 Å². The molecule has 0 saturated carbocycles. The van der Waals surface area contributed by atoms with Gasteiger partial charge in [-0.1, -0.05) is 23.7 Å². The summed E-state index contributed by atoms with van der Waals surface area (Å²) in [6, 6.07) is 13.3. The van der Waals surface area contributed by atoms with Gasteiger partial charge in [0, 0.05) is 42.2 Å². The van der Waals surface area contributed by atoms with Crippen LogP contribution in [0.3, 0.4) is 0 Å². The van der Waals surface area contributed by atoms with Gasteiger partial charge in [0.25, 0.3) is 0 Å². The Morgan fingerprint density at radius 3 is 2.81 bits per heavy atom. The second-order valence-corrected chi connectivity index (χ2v) is 6.57. The first-order chi connectivity index (χ1) is 10.2. The third kappa shape index (κ3) is 3.35. The number of hydrogen-bond acceptors (Lipinski definition) is 3. The van der Waals surface area contributed by atoms with Gasteiger partial charge in [-0.25, -0.2) is 0 Å². The SMILES string of the molecule is O=c1ccn(CCNCc2ccc(Cl)s2)c2ccccc12. The Morgan fingerprint density at radius 2 is 2.00 bits per heavy atom. The van der Waals surface area contributed by atoms with Gasteiger partial charge in [-0.3, -0.25) is 4.79 Å². The van der Waals surface area contributed by atoms with Crippen LogP contribution in [0.2, 0.25) is 4.34 Å². The molecule has 108 valence electrons. The number of benzene rings is 1. The Kier molecular flexibility index (Phi) is 4.39. The molecule has 0 aliphatic carbocycles. The Hall–Kier alpha value is -1.62. The molecule has 3 rings (SSSR count). The monoisotopic (exact) mass is 318 g/mol. The summed E-state index contributed by atoms with van der Waals surface area (Å²) >= 11 is 7.50. The molecule has 0 unspecified atom stereocenters. The number of fused-ring (bicyclic) bond motifs is 1. The van der Waals surface area contributed by atoms with Crippen LogP contribution in [0.15, 0.2) is 53.5 Å². The van der Waals surface area contributed by atoms with Gasteiger partial charge >= 0.3 is 0 Å². The maximum atomic E-state index is 11.8. The van der Waals surface area contributed by atoms with Crippen LogP contribution in [0, 0.1) is 0 Å². The highest BCUT2D eigenvalue weighted by Gasteiger charge is 2.02. The second kappa shape index (κ2) is 6.43. The Balaban J connectivity index is 1.66. The summed E-state index contributed by atoms with van der Waals surface area (Å²) in [5.41, 5.74) is 1.05. The van der Waals surface area contributed by atoms with Gasteiger partial charge in [0.15, 0.2) is 5.43 Å². The molecule has 0 amide bonds. The van der Waals surface area contributed by atoms with Crippen molar-refractivity contribution in [2.45, 2.75) is 13.1 Å². The predicted octanol–water partition coefficient (Wildman–Crippen LogP) is 3.51. The quantitative estimate of drug-likeness (QED) is 0.730. The largest absolute Gasteiger partial charge is 0.346 e. The smallest absolute Gasteiger partial charge is 0.189 e. The lowest BCUT2D eigenvalue weighted by Crippen LogP contribution is -2.20. The van der Waals surface area contributed by atoms with E-state index in [1.54, 1.807) is 17.4 Å². The zero-order valence-electron chi connectivity index (χ0n) is 11.4. The third-order valence-electron chi connectivity index (χ3n) is 3.34. The molecule has 5 heteroatoms. The van der Waals surface area contributed by atoms with Gasteiger partial charge in [0.05, 0.1) is 9.85 Å². The molecule has 2 aromatic heterocycles. The minimum Gasteiger partial charge on any atom is -0.346 e. The average molecular weight is 319 g/mol. The van der Waals surface area contributed by atoms with Crippen LogP contribution in [-0.2, 0) is 13.1 Å². The summed E-state index contributed by atoms with van der Waals surface area (Å²) in [5.74, 6) is 0. The Morgan fingerprint density at radius 1 is 1.14 bits per heavy atom. The van der Waals surface area contributed by atoms with Gasteiger partial charge in [0.1, 0.15) is 0 Å². The van der Waals surface area contributed by atoms with Crippen LogP contribution in [0.25, 0.3) is 10.9 Å². The summed E-state index contributed by atoms with van der Waals surface area (Å²) in [4.78, 5) is 13.0. The molecule has 1 aromatic carbocycles. The van der Waals surface area contributed by atoms with E-state index in [1.807, 2.05) is 42.6 Å². The first kappa shape index (κ1) is 14.3. The lowest BCUT2D eigenvalue weighted by Gasteiger charge is -2.11. The molecule has 0 spiro atoms. The number of pyridine rings is 1. The highest BCUT2D eigenvalue weighted by Crippen LogP contribution is 2.20. The van der Waals surface area contributed by atoms with Crippen molar-refractivity contribution in [3.05, 3.63) is 68.1 Å². The highest BCUT2D eigenvalue weighted by atomic mass is 35.5. The molecule has 0 atom stereocenters. The molecule has 0 bridgehead atoms. The second-order valence-electron chi connectivity index (χ2n) is 4.77. The lowest BCUT2D eigenvalue weighted by molar-refractivity contribution is 0.610. The molecule has 1 N–H and O–H groups in total. The number of thiophene rings is 1. The fourth-order valence-corrected chi connectivity index (χ4v) is 3.37. The van der Waals surface area contributed by atoms with Crippen LogP contribution in [0.1, 0.15) is 4.88 Å². The number of rotatable bonds is 5. The van der Waals surface area contributed by atoms with Crippen molar-refractivity contribution in [1.82, 2.24) is 9.88 Å². The molecular weight excluding hydrogens is 304 g/mol. The zero-order chi connectivity index (χ0) is 14.7. The van der Waals surface area contributed by atoms with Crippen molar-refractivity contribution in [3.8, 4) is 0 Å². The van der Waals surface area contributed by atoms with Crippen LogP contribution < -0.4 is 10.7 Å². The summed E-state index contributed by atoms with van der Waals surface area (Å²) in [6.07, 6.45) is 1.86. The third-order valence-corrected chi connectivity index (χ3v) is 4.57. The van der Waals surface area contributed by atoms with Crippen molar-refractivity contribution in [3.63, 3.8) is 0 Å². The average Bonchev–Trinajstić information content (AvgIpc) is 2.91. The zero-order valence-corrected chi connectivity index (χ0v) is 13.0. The molecule has 0 fully saturated rings. The van der Waals surface area contributed by atoms with E-state index in [4.69, 9.17) is 11.6 Å². The maximum Gasteiger partial charge on any atom is 0.189 e. The minimum atomic E-state index is 0.0723. The fourth-order valence-electron chi connectivity index (χ4n) is 2.31. The summed E-state index contributed by atoms with van der Waals surface area (Å²) in [5, 5.41) is 4.16. The first-order valence-corrected chi connectivity index (χ1v) is 7.96. The summed E-state index contributed by atoms with van der Waals surface area (Å²) in [7, 11) is 0. The lowest BCUT2D eigenvalue weighted by atomic mass is 10.2. The summed E-state index contributed by atoms with van der Waals surface area (Å²) in [6.45, 7) is 2.47. The van der Waals surface area contributed by atoms with Crippen LogP contribution in [0.5, 0.6) is 0 Å². The predicted molar refractivity (Wildman–Crippen MR) is 89.2 cm³/mol. The van der Waals surface area contributed by atoms with Gasteiger partial charge in [0.2, 0.25) is 0 Å². The standard InChI is InChI=1S/C16H15ClN2OS/c17-16-6-5-12(21-16)11-18-8-10-19-9-7-15(20)13-3-1-2-4-14(13)19/h1-7,9,18H,8,10-11H2. The highest BCUT2D eigenvalue weighted by molar-refractivity contribution is 7.16. The topological polar surface area (TPSA) is 34.0 Å². The minimum absolute atomic E-state index is 0.0723. The van der Waals surface area contributed by atoms with Crippen molar-refractivity contribution < 1.29 is 0 Å². The van der Waals surface area contributed by atoms with E-state index in [2.05, 4.69) is 9.88 Å². The fraction of sp³-hybridized carbons (Fsp3) is 0.188. The molecule has 21 heavy (non-hydrogen) atoms. The Bertz CT molecular complexity index is 809. The van der Waals surface area contributed by atoms with Crippen molar-refractivity contribution in [2.75, 3.05) is 6.54 Å². The normalized spacial score (nSPS) is 11.1. The van der Waals surface area contributed by atoms with Crippen molar-refractivity contribution in [1.29, 1.82) is 0 Å². The van der Waals surface area contributed by atoms with Crippen LogP contribution in [-0.4, -0.2) is 11.1 Å². The molecule has 3 aromatic rings. The van der Waals surface area contributed by atoms with Crippen molar-refractivity contribution in [2.24, 2.45) is 0 Å². The molecule has 2 heterocycles. The van der Waals surface area contributed by atoms with E-state index in [0.717, 1.165) is 34.9 Å². The van der Waals surface area contributed by atoms with Crippen LogP contribution >= 0.6 is 22.9 Å². The van der Waals surface area contributed by atoms with Gasteiger partial charge in [-0.2, -0.15) is 0 Å². The molecule has 3 nitrogen and oxygen atoms in total. The molecule has 0 saturated heterocycles. The molecular formula is C16H15ClN2OS. The van der Waals surface area contributed by atoms with E-state index in [1.165, 1.54) is 4.88 Å². The Labute approximate surface area is 131 Å². The number of hydrogen-bond donors (Lipinski definition) is 1. The summed E-state index contributed by atoms with van der Waals surface area (Å²) < 4.78 is 2.92. The number of nitrogens with one attached hydrogen (secondary N) is 1. The van der Waals surface area contributed by atoms with E-state index in [-0.39, 0.29) is 5.43 Å². The molecule has 0 aliphatic rings. The van der Waals surface area contributed by atoms with Crippen molar-refractivity contribution >= 4 is 33.8 Å². The number of para-hydroxylation sites is 1. The van der Waals surface area contributed by atoms with E-state index in [9.17, 15) is 4.79 Å². The van der Waals surface area contributed by atoms with E-state index < -0.39 is 0 Å². The number of aromatic nitrogens is 1.